The van der Waals surface area contributed by atoms with E-state index in [4.69, 9.17) is 9.97 Å². The monoisotopic (exact) mass is 349 g/mol. The van der Waals surface area contributed by atoms with Crippen LogP contribution < -0.4 is 4.90 Å². The van der Waals surface area contributed by atoms with Crippen LogP contribution in [0.1, 0.15) is 52.7 Å². The molecular weight excluding hydrogens is 326 g/mol. The van der Waals surface area contributed by atoms with Crippen LogP contribution in [0.25, 0.3) is 10.2 Å². The van der Waals surface area contributed by atoms with E-state index in [9.17, 15) is 0 Å². The second-order valence-electron chi connectivity index (χ2n) is 7.35. The Bertz CT molecular complexity index is 959. The summed E-state index contributed by atoms with van der Waals surface area (Å²) in [7, 11) is 2.23. The fraction of sp³-hybridized carbons (Fsp3) is 0.429. The van der Waals surface area contributed by atoms with E-state index < -0.39 is 0 Å². The Hall–Kier alpha value is -1.94. The predicted octanol–water partition coefficient (Wildman–Crippen LogP) is 5.00. The second-order valence-corrected chi connectivity index (χ2v) is 8.43. The van der Waals surface area contributed by atoms with Gasteiger partial charge in [0, 0.05) is 11.9 Å². The Balaban J connectivity index is 1.66. The van der Waals surface area contributed by atoms with Gasteiger partial charge in [-0.2, -0.15) is 0 Å². The van der Waals surface area contributed by atoms with Crippen LogP contribution in [0, 0.1) is 6.92 Å². The van der Waals surface area contributed by atoms with Gasteiger partial charge in [0.1, 0.15) is 16.5 Å². The third kappa shape index (κ3) is 2.38. The van der Waals surface area contributed by atoms with E-state index in [-0.39, 0.29) is 0 Å². The Morgan fingerprint density at radius 1 is 1.08 bits per heavy atom. The van der Waals surface area contributed by atoms with E-state index in [1.54, 1.807) is 0 Å². The molecule has 3 nitrogen and oxygen atoms in total. The lowest BCUT2D eigenvalue weighted by atomic mass is 9.87. The number of rotatable bonds is 2. The molecule has 0 spiro atoms. The number of nitrogens with zero attached hydrogens (tertiary/aromatic N) is 3. The van der Waals surface area contributed by atoms with Crippen LogP contribution in [0.2, 0.25) is 0 Å². The Kier molecular flexibility index (Phi) is 3.56. The summed E-state index contributed by atoms with van der Waals surface area (Å²) in [5.74, 6) is 2.03. The number of aryl methyl sites for hydroxylation is 4. The van der Waals surface area contributed by atoms with Crippen molar-refractivity contribution >= 4 is 27.4 Å². The van der Waals surface area contributed by atoms with Crippen molar-refractivity contribution in [2.24, 2.45) is 0 Å². The first-order valence-corrected chi connectivity index (χ1v) is 10.1. The molecule has 128 valence electrons. The maximum absolute atomic E-state index is 4.92. The quantitative estimate of drug-likeness (QED) is 0.652. The van der Waals surface area contributed by atoms with Crippen LogP contribution >= 0.6 is 11.3 Å². The van der Waals surface area contributed by atoms with Gasteiger partial charge in [-0.25, -0.2) is 9.97 Å². The van der Waals surface area contributed by atoms with Gasteiger partial charge in [0.15, 0.2) is 0 Å². The Labute approximate surface area is 152 Å². The van der Waals surface area contributed by atoms with E-state index in [2.05, 4.69) is 36.2 Å². The maximum atomic E-state index is 4.92. The number of hydrogen-bond donors (Lipinski definition) is 0. The third-order valence-corrected chi connectivity index (χ3v) is 6.98. The molecule has 0 fully saturated rings. The van der Waals surface area contributed by atoms with E-state index in [1.807, 2.05) is 18.3 Å². The van der Waals surface area contributed by atoms with Gasteiger partial charge in [-0.15, -0.1) is 11.3 Å². The minimum absolute atomic E-state index is 0.416. The second kappa shape index (κ2) is 5.80. The number of benzene rings is 1. The summed E-state index contributed by atoms with van der Waals surface area (Å²) in [6.07, 6.45) is 7.33. The van der Waals surface area contributed by atoms with Crippen molar-refractivity contribution in [3.8, 4) is 0 Å². The van der Waals surface area contributed by atoms with Crippen LogP contribution in [-0.2, 0) is 19.3 Å². The Morgan fingerprint density at radius 2 is 1.96 bits per heavy atom. The van der Waals surface area contributed by atoms with Crippen LogP contribution in [0.15, 0.2) is 24.3 Å². The number of thiophene rings is 1. The van der Waals surface area contributed by atoms with E-state index >= 15 is 0 Å². The molecule has 2 heterocycles. The van der Waals surface area contributed by atoms with E-state index in [1.165, 1.54) is 70.3 Å². The molecule has 0 N–H and O–H groups in total. The largest absolute Gasteiger partial charge is 0.352 e. The molecule has 0 saturated heterocycles. The molecular formula is C21H23N3S. The summed E-state index contributed by atoms with van der Waals surface area (Å²) >= 11 is 1.89. The fourth-order valence-corrected chi connectivity index (χ4v) is 5.92. The summed E-state index contributed by atoms with van der Waals surface area (Å²) in [6.45, 7) is 2.02. The number of hydrogen-bond acceptors (Lipinski definition) is 4. The molecule has 3 aromatic rings. The van der Waals surface area contributed by atoms with Crippen molar-refractivity contribution in [2.75, 3.05) is 11.9 Å². The van der Waals surface area contributed by atoms with Crippen LogP contribution in [0.3, 0.4) is 0 Å². The molecule has 0 radical (unpaired) electrons. The molecule has 5 rings (SSSR count). The topological polar surface area (TPSA) is 29.0 Å². The number of fused-ring (bicyclic) bond motifs is 4. The SMILES string of the molecule is Cc1nc(N(C)[C@H]2CCCc3ccccc32)c2c3c(sc2n1)CCC3. The van der Waals surface area contributed by atoms with Crippen molar-refractivity contribution in [3.63, 3.8) is 0 Å². The molecule has 25 heavy (non-hydrogen) atoms. The van der Waals surface area contributed by atoms with Crippen molar-refractivity contribution in [3.05, 3.63) is 51.7 Å². The lowest BCUT2D eigenvalue weighted by Gasteiger charge is -2.34. The molecule has 2 aliphatic rings. The molecule has 0 unspecified atom stereocenters. The first-order valence-electron chi connectivity index (χ1n) is 9.32. The van der Waals surface area contributed by atoms with Crippen molar-refractivity contribution in [1.29, 1.82) is 0 Å². The van der Waals surface area contributed by atoms with Gasteiger partial charge in [0.2, 0.25) is 0 Å². The highest BCUT2D eigenvalue weighted by molar-refractivity contribution is 7.19. The van der Waals surface area contributed by atoms with Gasteiger partial charge in [0.25, 0.3) is 0 Å². The van der Waals surface area contributed by atoms with Crippen LogP contribution in [0.5, 0.6) is 0 Å². The first-order chi connectivity index (χ1) is 12.2. The molecule has 4 heteroatoms. The zero-order chi connectivity index (χ0) is 17.0. The summed E-state index contributed by atoms with van der Waals surface area (Å²) in [4.78, 5) is 14.8. The lowest BCUT2D eigenvalue weighted by Crippen LogP contribution is -2.28. The van der Waals surface area contributed by atoms with Gasteiger partial charge in [-0.1, -0.05) is 24.3 Å². The van der Waals surface area contributed by atoms with Crippen LogP contribution in [0.4, 0.5) is 5.82 Å². The van der Waals surface area contributed by atoms with Crippen molar-refractivity contribution in [2.45, 2.75) is 51.5 Å². The van der Waals surface area contributed by atoms with Gasteiger partial charge in [-0.3, -0.25) is 0 Å². The summed E-state index contributed by atoms with van der Waals surface area (Å²) in [5, 5.41) is 1.33. The number of aromatic nitrogens is 2. The zero-order valence-electron chi connectivity index (χ0n) is 14.9. The fourth-order valence-electron chi connectivity index (χ4n) is 4.61. The molecule has 2 aromatic heterocycles. The maximum Gasteiger partial charge on any atom is 0.141 e. The van der Waals surface area contributed by atoms with Crippen molar-refractivity contribution in [1.82, 2.24) is 9.97 Å². The third-order valence-electron chi connectivity index (χ3n) is 5.80. The lowest BCUT2D eigenvalue weighted by molar-refractivity contribution is 0.542. The molecule has 2 aliphatic carbocycles. The van der Waals surface area contributed by atoms with Crippen molar-refractivity contribution < 1.29 is 0 Å². The standard InChI is InChI=1S/C21H23N3S/c1-13-22-20(19-16-10-6-12-18(16)25-21(19)23-13)24(2)17-11-5-8-14-7-3-4-9-15(14)17/h3-4,7,9,17H,5-6,8,10-12H2,1-2H3/t17-/m0/s1. The van der Waals surface area contributed by atoms with E-state index in [0.717, 1.165) is 11.6 Å². The summed E-state index contributed by atoms with van der Waals surface area (Å²) < 4.78 is 0. The zero-order valence-corrected chi connectivity index (χ0v) is 15.7. The average molecular weight is 350 g/mol. The normalized spacial score (nSPS) is 19.0. The molecule has 1 atom stereocenters. The first kappa shape index (κ1) is 15.3. The summed E-state index contributed by atoms with van der Waals surface area (Å²) in [5.41, 5.74) is 4.50. The van der Waals surface area contributed by atoms with E-state index in [0.29, 0.717) is 6.04 Å². The summed E-state index contributed by atoms with van der Waals surface area (Å²) in [6, 6.07) is 9.35. The highest BCUT2D eigenvalue weighted by Gasteiger charge is 2.28. The molecule has 0 amide bonds. The smallest absolute Gasteiger partial charge is 0.141 e. The van der Waals surface area contributed by atoms with Gasteiger partial charge < -0.3 is 4.90 Å². The molecule has 0 saturated carbocycles. The van der Waals surface area contributed by atoms with Gasteiger partial charge >= 0.3 is 0 Å². The minimum atomic E-state index is 0.416. The van der Waals surface area contributed by atoms with Gasteiger partial charge in [0.05, 0.1) is 11.4 Å². The highest BCUT2D eigenvalue weighted by Crippen LogP contribution is 2.43. The number of anilines is 1. The molecule has 1 aromatic carbocycles. The predicted molar refractivity (Wildman–Crippen MR) is 105 cm³/mol. The molecule has 0 bridgehead atoms. The van der Waals surface area contributed by atoms with Gasteiger partial charge in [-0.05, 0) is 62.1 Å². The molecule has 0 aliphatic heterocycles. The Morgan fingerprint density at radius 3 is 2.88 bits per heavy atom. The van der Waals surface area contributed by atoms with Crippen LogP contribution in [-0.4, -0.2) is 17.0 Å². The highest BCUT2D eigenvalue weighted by atomic mass is 32.1. The average Bonchev–Trinajstić information content (AvgIpc) is 3.20. The minimum Gasteiger partial charge on any atom is -0.352 e.